The molecule has 36 heavy (non-hydrogen) atoms. The monoisotopic (exact) mass is 632 g/mol. The van der Waals surface area contributed by atoms with E-state index in [1.54, 1.807) is 30.3 Å². The van der Waals surface area contributed by atoms with Crippen molar-refractivity contribution in [3.05, 3.63) is 77.2 Å². The Morgan fingerprint density at radius 3 is 2.39 bits per heavy atom. The molecular weight excluding hydrogens is 605 g/mol. The second kappa shape index (κ2) is 12.6. The number of anilines is 1. The van der Waals surface area contributed by atoms with Crippen LogP contribution in [0, 0.1) is 23.0 Å². The first-order valence-electron chi connectivity index (χ1n) is 11.1. The fraction of sp³-hybridized carbons (Fsp3) is 0.333. The SMILES string of the molecule is CC1CCC1O/C(C(=O)Nc1cc(F)cc(F)c1)=C(/C=N)NCN(CI)S(=O)(=O)Cc1ccccc1. The third kappa shape index (κ3) is 7.46. The molecule has 0 bridgehead atoms. The van der Waals surface area contributed by atoms with Crippen LogP contribution in [0.25, 0.3) is 0 Å². The lowest BCUT2D eigenvalue weighted by Crippen LogP contribution is -2.40. The summed E-state index contributed by atoms with van der Waals surface area (Å²) in [6, 6.07) is 11.3. The van der Waals surface area contributed by atoms with Crippen LogP contribution in [-0.2, 0) is 25.3 Å². The van der Waals surface area contributed by atoms with Crippen molar-refractivity contribution >= 4 is 50.4 Å². The lowest BCUT2D eigenvalue weighted by Gasteiger charge is -2.35. The molecule has 1 amide bonds. The van der Waals surface area contributed by atoms with Crippen molar-refractivity contribution in [1.82, 2.24) is 9.62 Å². The third-order valence-electron chi connectivity index (χ3n) is 5.69. The first kappa shape index (κ1) is 28.0. The average Bonchev–Trinajstić information content (AvgIpc) is 2.81. The maximum absolute atomic E-state index is 13.6. The largest absolute Gasteiger partial charge is 0.483 e. The zero-order valence-electron chi connectivity index (χ0n) is 19.5. The minimum absolute atomic E-state index is 0.0618. The van der Waals surface area contributed by atoms with Crippen molar-refractivity contribution in [2.75, 3.05) is 16.5 Å². The van der Waals surface area contributed by atoms with Crippen molar-refractivity contribution in [3.63, 3.8) is 0 Å². The lowest BCUT2D eigenvalue weighted by molar-refractivity contribution is -0.119. The smallest absolute Gasteiger partial charge is 0.293 e. The van der Waals surface area contributed by atoms with E-state index in [0.29, 0.717) is 18.1 Å². The summed E-state index contributed by atoms with van der Waals surface area (Å²) in [7, 11) is -3.72. The third-order valence-corrected chi connectivity index (χ3v) is 8.72. The lowest BCUT2D eigenvalue weighted by atomic mass is 9.83. The number of nitrogens with zero attached hydrogens (tertiary/aromatic N) is 1. The number of alkyl halides is 1. The second-order valence-corrected chi connectivity index (χ2v) is 11.0. The molecule has 0 aliphatic heterocycles. The minimum atomic E-state index is -3.72. The van der Waals surface area contributed by atoms with Gasteiger partial charge in [-0.05, 0) is 36.5 Å². The summed E-state index contributed by atoms with van der Waals surface area (Å²) in [5, 5.41) is 13.1. The van der Waals surface area contributed by atoms with E-state index < -0.39 is 27.6 Å². The van der Waals surface area contributed by atoms with E-state index >= 15 is 0 Å². The molecule has 0 heterocycles. The molecule has 0 aromatic heterocycles. The molecule has 194 valence electrons. The summed E-state index contributed by atoms with van der Waals surface area (Å²) in [6.45, 7) is 1.73. The number of amides is 1. The number of sulfonamides is 1. The van der Waals surface area contributed by atoms with E-state index in [9.17, 15) is 22.0 Å². The zero-order chi connectivity index (χ0) is 26.3. The predicted molar refractivity (Wildman–Crippen MR) is 142 cm³/mol. The zero-order valence-corrected chi connectivity index (χ0v) is 22.5. The van der Waals surface area contributed by atoms with Gasteiger partial charge in [0.15, 0.2) is 0 Å². The Bertz CT molecular complexity index is 1210. The summed E-state index contributed by atoms with van der Waals surface area (Å²) in [4.78, 5) is 13.1. The summed E-state index contributed by atoms with van der Waals surface area (Å²) in [6.07, 6.45) is 2.17. The first-order chi connectivity index (χ1) is 17.1. The van der Waals surface area contributed by atoms with Gasteiger partial charge in [-0.15, -0.1) is 0 Å². The maximum Gasteiger partial charge on any atom is 0.293 e. The summed E-state index contributed by atoms with van der Waals surface area (Å²) in [5.41, 5.74) is 0.442. The molecule has 12 heteroatoms. The molecule has 2 aromatic carbocycles. The Hall–Kier alpha value is -2.58. The molecule has 1 saturated carbocycles. The molecule has 3 N–H and O–H groups in total. The predicted octanol–water partition coefficient (Wildman–Crippen LogP) is 4.35. The Balaban J connectivity index is 1.82. The van der Waals surface area contributed by atoms with E-state index in [1.807, 2.05) is 29.5 Å². The molecule has 1 fully saturated rings. The molecule has 2 unspecified atom stereocenters. The highest BCUT2D eigenvalue weighted by Gasteiger charge is 2.32. The molecule has 0 spiro atoms. The number of nitrogens with one attached hydrogen (secondary N) is 3. The number of hydrogen-bond donors (Lipinski definition) is 3. The number of rotatable bonds is 12. The van der Waals surface area contributed by atoms with Gasteiger partial charge in [0.1, 0.15) is 23.4 Å². The second-order valence-electron chi connectivity index (χ2n) is 8.36. The van der Waals surface area contributed by atoms with Gasteiger partial charge in [-0.1, -0.05) is 59.8 Å². The van der Waals surface area contributed by atoms with Gasteiger partial charge in [0.25, 0.3) is 5.91 Å². The first-order valence-corrected chi connectivity index (χ1v) is 14.3. The molecule has 0 saturated heterocycles. The molecule has 0 radical (unpaired) electrons. The van der Waals surface area contributed by atoms with E-state index in [1.165, 1.54) is 4.31 Å². The van der Waals surface area contributed by atoms with Crippen molar-refractivity contribution in [2.24, 2.45) is 5.92 Å². The van der Waals surface area contributed by atoms with Crippen LogP contribution in [0.3, 0.4) is 0 Å². The highest BCUT2D eigenvalue weighted by atomic mass is 127. The van der Waals surface area contributed by atoms with E-state index in [0.717, 1.165) is 24.8 Å². The molecule has 8 nitrogen and oxygen atoms in total. The number of carbonyl (C=O) groups is 1. The summed E-state index contributed by atoms with van der Waals surface area (Å²) in [5.74, 6) is -2.86. The van der Waals surface area contributed by atoms with Crippen LogP contribution in [0.2, 0.25) is 0 Å². The molecule has 3 rings (SSSR count). The molecule has 2 atom stereocenters. The van der Waals surface area contributed by atoms with Gasteiger partial charge < -0.3 is 20.8 Å². The van der Waals surface area contributed by atoms with Gasteiger partial charge in [-0.25, -0.2) is 17.2 Å². The Labute approximate surface area is 222 Å². The van der Waals surface area contributed by atoms with Crippen LogP contribution in [0.4, 0.5) is 14.5 Å². The van der Waals surface area contributed by atoms with Gasteiger partial charge in [0.05, 0.1) is 17.0 Å². The van der Waals surface area contributed by atoms with Gasteiger partial charge in [0.2, 0.25) is 15.8 Å². The number of benzene rings is 2. The van der Waals surface area contributed by atoms with Crippen molar-refractivity contribution < 1.29 is 26.7 Å². The van der Waals surface area contributed by atoms with Crippen molar-refractivity contribution in [1.29, 1.82) is 5.41 Å². The molecule has 1 aliphatic rings. The number of hydrogen-bond acceptors (Lipinski definition) is 6. The standard InChI is InChI=1S/C24H27F2IN4O4S/c1-16-7-8-22(16)35-23(24(32)30-20-10-18(25)9-19(26)11-20)21(12-28)29-15-31(14-27)36(33,34)13-17-5-3-2-4-6-17/h2-6,9-12,16,22,28-29H,7-8,13-15H2,1H3,(H,30,32)/b23-21-,28-12?. The fourth-order valence-electron chi connectivity index (χ4n) is 3.48. The number of allylic oxidation sites excluding steroid dienone is 1. The summed E-state index contributed by atoms with van der Waals surface area (Å²) < 4.78 is 60.3. The maximum atomic E-state index is 13.6. The Morgan fingerprint density at radius 1 is 1.19 bits per heavy atom. The average molecular weight is 632 g/mol. The molecule has 2 aromatic rings. The van der Waals surface area contributed by atoms with Gasteiger partial charge in [-0.3, -0.25) is 4.79 Å². The van der Waals surface area contributed by atoms with Gasteiger partial charge in [-0.2, -0.15) is 4.31 Å². The van der Waals surface area contributed by atoms with Crippen LogP contribution < -0.4 is 10.6 Å². The van der Waals surface area contributed by atoms with Gasteiger partial charge in [0, 0.05) is 18.0 Å². The van der Waals surface area contributed by atoms with Crippen LogP contribution in [0.15, 0.2) is 60.0 Å². The highest BCUT2D eigenvalue weighted by molar-refractivity contribution is 14.1. The van der Waals surface area contributed by atoms with Crippen LogP contribution >= 0.6 is 22.6 Å². The highest BCUT2D eigenvalue weighted by Crippen LogP contribution is 2.32. The van der Waals surface area contributed by atoms with Crippen molar-refractivity contribution in [2.45, 2.75) is 31.6 Å². The fourth-order valence-corrected chi connectivity index (χ4v) is 6.20. The minimum Gasteiger partial charge on any atom is -0.483 e. The van der Waals surface area contributed by atoms with Crippen LogP contribution in [0.1, 0.15) is 25.3 Å². The number of carbonyl (C=O) groups excluding carboxylic acids is 1. The Morgan fingerprint density at radius 2 is 1.86 bits per heavy atom. The normalized spacial score (nSPS) is 18.1. The Kier molecular flexibility index (Phi) is 9.79. The topological polar surface area (TPSA) is 112 Å². The molecule has 1 aliphatic carbocycles. The number of halogens is 3. The van der Waals surface area contributed by atoms with Gasteiger partial charge >= 0.3 is 0 Å². The quantitative estimate of drug-likeness (QED) is 0.0613. The molecular formula is C24H27F2IN4O4S. The van der Waals surface area contributed by atoms with E-state index in [-0.39, 0.29) is 46.1 Å². The van der Waals surface area contributed by atoms with Crippen LogP contribution in [-0.4, -0.2) is 42.2 Å². The number of ether oxygens (including phenoxy) is 1. The van der Waals surface area contributed by atoms with E-state index in [2.05, 4.69) is 10.6 Å². The van der Waals surface area contributed by atoms with E-state index in [4.69, 9.17) is 10.1 Å². The summed E-state index contributed by atoms with van der Waals surface area (Å²) >= 11 is 1.92. The van der Waals surface area contributed by atoms with Crippen LogP contribution in [0.5, 0.6) is 0 Å². The van der Waals surface area contributed by atoms with Crippen molar-refractivity contribution in [3.8, 4) is 0 Å².